The number of anilines is 1. The van der Waals surface area contributed by atoms with Crippen LogP contribution in [0, 0.1) is 0 Å². The summed E-state index contributed by atoms with van der Waals surface area (Å²) in [5.41, 5.74) is 6.77. The van der Waals surface area contributed by atoms with Crippen LogP contribution in [0.2, 0.25) is 0 Å². The molecule has 0 unspecified atom stereocenters. The van der Waals surface area contributed by atoms with Gasteiger partial charge in [-0.1, -0.05) is 23.8 Å². The molecule has 2 rings (SSSR count). The number of amides is 2. The summed E-state index contributed by atoms with van der Waals surface area (Å²) in [6.45, 7) is 1.52. The van der Waals surface area contributed by atoms with Crippen molar-refractivity contribution >= 4 is 23.5 Å². The third-order valence-electron chi connectivity index (χ3n) is 4.01. The lowest BCUT2D eigenvalue weighted by Gasteiger charge is -2.15. The Morgan fingerprint density at radius 2 is 1.92 bits per heavy atom. The van der Waals surface area contributed by atoms with Crippen molar-refractivity contribution in [1.82, 2.24) is 10.9 Å². The van der Waals surface area contributed by atoms with Crippen molar-refractivity contribution in [2.45, 2.75) is 39.0 Å². The summed E-state index contributed by atoms with van der Waals surface area (Å²) in [4.78, 5) is 34.4. The van der Waals surface area contributed by atoms with E-state index in [-0.39, 0.29) is 0 Å². The van der Waals surface area contributed by atoms with Crippen LogP contribution in [0.25, 0.3) is 0 Å². The molecule has 2 amide bonds. The van der Waals surface area contributed by atoms with Gasteiger partial charge in [0.15, 0.2) is 6.61 Å². The molecule has 0 saturated heterocycles. The molecule has 0 bridgehead atoms. The standard InChI is InChI=1S/C19H25N3O4/c1-14(23)21-22-18(24)13-26-19(25)16-9-5-6-10-17(16)20-12-11-15-7-3-2-4-8-15/h5-7,9-10,20H,2-4,8,11-13H2,1H3,(H,21,23)(H,22,24). The van der Waals surface area contributed by atoms with Crippen molar-refractivity contribution in [3.05, 3.63) is 41.5 Å². The average molecular weight is 359 g/mol. The fourth-order valence-electron chi connectivity index (χ4n) is 2.71. The first-order valence-corrected chi connectivity index (χ1v) is 8.79. The van der Waals surface area contributed by atoms with Gasteiger partial charge in [-0.3, -0.25) is 20.4 Å². The fraction of sp³-hybridized carbons (Fsp3) is 0.421. The third kappa shape index (κ3) is 6.58. The molecule has 0 aliphatic heterocycles. The maximum atomic E-state index is 12.2. The monoisotopic (exact) mass is 359 g/mol. The Labute approximate surface area is 153 Å². The Bertz CT molecular complexity index is 685. The first-order valence-electron chi connectivity index (χ1n) is 8.79. The van der Waals surface area contributed by atoms with Gasteiger partial charge in [-0.2, -0.15) is 0 Å². The number of esters is 1. The third-order valence-corrected chi connectivity index (χ3v) is 4.01. The molecule has 1 aliphatic carbocycles. The minimum Gasteiger partial charge on any atom is -0.452 e. The number of benzene rings is 1. The topological polar surface area (TPSA) is 96.5 Å². The Balaban J connectivity index is 1.84. The molecule has 1 aliphatic rings. The number of nitrogens with one attached hydrogen (secondary N) is 3. The lowest BCUT2D eigenvalue weighted by atomic mass is 9.97. The van der Waals surface area contributed by atoms with Crippen molar-refractivity contribution in [3.8, 4) is 0 Å². The van der Waals surface area contributed by atoms with E-state index < -0.39 is 24.4 Å². The van der Waals surface area contributed by atoms with Gasteiger partial charge in [0.25, 0.3) is 5.91 Å². The molecule has 1 aromatic rings. The number of carbonyl (C=O) groups is 3. The van der Waals surface area contributed by atoms with Crippen LogP contribution in [0.1, 0.15) is 49.4 Å². The molecular weight excluding hydrogens is 334 g/mol. The predicted molar refractivity (Wildman–Crippen MR) is 98.3 cm³/mol. The van der Waals surface area contributed by atoms with Gasteiger partial charge in [0.2, 0.25) is 5.91 Å². The van der Waals surface area contributed by atoms with Crippen molar-refractivity contribution in [2.24, 2.45) is 0 Å². The molecule has 0 fully saturated rings. The molecule has 140 valence electrons. The largest absolute Gasteiger partial charge is 0.452 e. The van der Waals surface area contributed by atoms with Gasteiger partial charge in [-0.05, 0) is 44.2 Å². The number of ether oxygens (including phenoxy) is 1. The van der Waals surface area contributed by atoms with Crippen LogP contribution in [-0.2, 0) is 14.3 Å². The van der Waals surface area contributed by atoms with E-state index in [1.807, 2.05) is 12.1 Å². The van der Waals surface area contributed by atoms with Gasteiger partial charge in [0.1, 0.15) is 0 Å². The Hall–Kier alpha value is -2.83. The van der Waals surface area contributed by atoms with E-state index >= 15 is 0 Å². The number of para-hydroxylation sites is 1. The zero-order chi connectivity index (χ0) is 18.8. The van der Waals surface area contributed by atoms with Gasteiger partial charge >= 0.3 is 5.97 Å². The summed E-state index contributed by atoms with van der Waals surface area (Å²) in [7, 11) is 0. The highest BCUT2D eigenvalue weighted by atomic mass is 16.5. The molecule has 0 spiro atoms. The lowest BCUT2D eigenvalue weighted by molar-refractivity contribution is -0.129. The Kier molecular flexibility index (Phi) is 7.67. The highest BCUT2D eigenvalue weighted by Crippen LogP contribution is 2.21. The van der Waals surface area contributed by atoms with Crippen molar-refractivity contribution in [3.63, 3.8) is 0 Å². The van der Waals surface area contributed by atoms with E-state index in [2.05, 4.69) is 22.2 Å². The number of carbonyl (C=O) groups excluding carboxylic acids is 3. The van der Waals surface area contributed by atoms with Gasteiger partial charge in [0, 0.05) is 19.2 Å². The molecule has 1 aromatic carbocycles. The molecule has 7 heteroatoms. The van der Waals surface area contributed by atoms with Gasteiger partial charge < -0.3 is 10.1 Å². The Morgan fingerprint density at radius 3 is 2.65 bits per heavy atom. The quantitative estimate of drug-likeness (QED) is 0.394. The number of hydrogen-bond acceptors (Lipinski definition) is 5. The molecule has 26 heavy (non-hydrogen) atoms. The van der Waals surface area contributed by atoms with Crippen LogP contribution in [-0.4, -0.2) is 30.9 Å². The molecular formula is C19H25N3O4. The van der Waals surface area contributed by atoms with Crippen LogP contribution in [0.3, 0.4) is 0 Å². The van der Waals surface area contributed by atoms with E-state index in [1.165, 1.54) is 25.3 Å². The van der Waals surface area contributed by atoms with Crippen LogP contribution >= 0.6 is 0 Å². The van der Waals surface area contributed by atoms with E-state index in [0.29, 0.717) is 11.3 Å². The molecule has 3 N–H and O–H groups in total. The van der Waals surface area contributed by atoms with Crippen LogP contribution in [0.5, 0.6) is 0 Å². The van der Waals surface area contributed by atoms with Crippen molar-refractivity contribution in [1.29, 1.82) is 0 Å². The zero-order valence-electron chi connectivity index (χ0n) is 15.0. The van der Waals surface area contributed by atoms with Gasteiger partial charge in [-0.15, -0.1) is 0 Å². The summed E-state index contributed by atoms with van der Waals surface area (Å²) in [5, 5.41) is 3.27. The van der Waals surface area contributed by atoms with Crippen LogP contribution in [0.15, 0.2) is 35.9 Å². The maximum absolute atomic E-state index is 12.2. The molecule has 0 aromatic heterocycles. The highest BCUT2D eigenvalue weighted by Gasteiger charge is 2.14. The molecule has 0 saturated carbocycles. The number of allylic oxidation sites excluding steroid dienone is 1. The summed E-state index contributed by atoms with van der Waals surface area (Å²) >= 11 is 0. The predicted octanol–water partition coefficient (Wildman–Crippen LogP) is 2.31. The smallest absolute Gasteiger partial charge is 0.340 e. The number of hydrogen-bond donors (Lipinski definition) is 3. The van der Waals surface area contributed by atoms with Crippen LogP contribution in [0.4, 0.5) is 5.69 Å². The van der Waals surface area contributed by atoms with Crippen molar-refractivity contribution < 1.29 is 19.1 Å². The Morgan fingerprint density at radius 1 is 1.12 bits per heavy atom. The number of rotatable bonds is 7. The van der Waals surface area contributed by atoms with E-state index in [9.17, 15) is 14.4 Å². The van der Waals surface area contributed by atoms with Crippen LogP contribution < -0.4 is 16.2 Å². The number of hydrazine groups is 1. The molecule has 0 heterocycles. The average Bonchev–Trinajstić information content (AvgIpc) is 2.65. The second-order valence-electron chi connectivity index (χ2n) is 6.14. The first-order chi connectivity index (χ1) is 12.6. The maximum Gasteiger partial charge on any atom is 0.340 e. The molecule has 7 nitrogen and oxygen atoms in total. The summed E-state index contributed by atoms with van der Waals surface area (Å²) in [6.07, 6.45) is 8.06. The minimum absolute atomic E-state index is 0.373. The van der Waals surface area contributed by atoms with E-state index in [0.717, 1.165) is 25.8 Å². The first kappa shape index (κ1) is 19.5. The second kappa shape index (κ2) is 10.2. The normalized spacial score (nSPS) is 13.3. The summed E-state index contributed by atoms with van der Waals surface area (Å²) in [5.74, 6) is -1.61. The van der Waals surface area contributed by atoms with Gasteiger partial charge in [-0.25, -0.2) is 4.79 Å². The summed E-state index contributed by atoms with van der Waals surface area (Å²) < 4.78 is 5.01. The summed E-state index contributed by atoms with van der Waals surface area (Å²) in [6, 6.07) is 7.03. The van der Waals surface area contributed by atoms with E-state index in [4.69, 9.17) is 4.74 Å². The molecule has 0 radical (unpaired) electrons. The zero-order valence-corrected chi connectivity index (χ0v) is 15.0. The van der Waals surface area contributed by atoms with Crippen molar-refractivity contribution in [2.75, 3.05) is 18.5 Å². The fourth-order valence-corrected chi connectivity index (χ4v) is 2.71. The second-order valence-corrected chi connectivity index (χ2v) is 6.14. The minimum atomic E-state index is -0.608. The molecule has 0 atom stereocenters. The SMILES string of the molecule is CC(=O)NNC(=O)COC(=O)c1ccccc1NCCC1=CCCCC1. The highest BCUT2D eigenvalue weighted by molar-refractivity contribution is 5.96. The lowest BCUT2D eigenvalue weighted by Crippen LogP contribution is -2.42. The van der Waals surface area contributed by atoms with Gasteiger partial charge in [0.05, 0.1) is 5.56 Å². The van der Waals surface area contributed by atoms with E-state index in [1.54, 1.807) is 12.1 Å².